The second-order valence-corrected chi connectivity index (χ2v) is 3.43. The highest BCUT2D eigenvalue weighted by molar-refractivity contribution is 5.27. The molecule has 1 aromatic rings. The molecule has 0 aliphatic carbocycles. The molecule has 3 heteroatoms. The molecule has 3 nitrogen and oxygen atoms in total. The molecule has 1 aliphatic heterocycles. The molecule has 0 radical (unpaired) electrons. The van der Waals surface area contributed by atoms with Gasteiger partial charge in [-0.15, -0.1) is 0 Å². The Morgan fingerprint density at radius 3 is 3.23 bits per heavy atom. The summed E-state index contributed by atoms with van der Waals surface area (Å²) in [6.45, 7) is 1.71. The number of rotatable bonds is 2. The topological polar surface area (TPSA) is 50.9 Å². The van der Waals surface area contributed by atoms with Gasteiger partial charge in [-0.05, 0) is 36.6 Å². The first kappa shape index (κ1) is 8.66. The van der Waals surface area contributed by atoms with E-state index in [1.165, 1.54) is 24.0 Å². The van der Waals surface area contributed by atoms with Gasteiger partial charge < -0.3 is 11.1 Å². The summed E-state index contributed by atoms with van der Waals surface area (Å²) >= 11 is 0. The second kappa shape index (κ2) is 3.85. The molecular weight excluding hydrogens is 162 g/mol. The van der Waals surface area contributed by atoms with E-state index in [1.807, 2.05) is 12.4 Å². The highest BCUT2D eigenvalue weighted by atomic mass is 14.9. The van der Waals surface area contributed by atoms with Gasteiger partial charge in [-0.2, -0.15) is 0 Å². The molecule has 0 spiro atoms. The van der Waals surface area contributed by atoms with Crippen molar-refractivity contribution >= 4 is 0 Å². The highest BCUT2D eigenvalue weighted by Gasteiger charge is 2.18. The molecule has 0 aromatic carbocycles. The Morgan fingerprint density at radius 2 is 2.54 bits per heavy atom. The van der Waals surface area contributed by atoms with Gasteiger partial charge in [0.1, 0.15) is 0 Å². The first-order valence-corrected chi connectivity index (χ1v) is 4.78. The Bertz CT molecular complexity index is 279. The predicted octanol–water partition coefficient (Wildman–Crippen LogP) is 0.965. The third kappa shape index (κ3) is 1.71. The summed E-state index contributed by atoms with van der Waals surface area (Å²) in [6.07, 6.45) is 6.19. The van der Waals surface area contributed by atoms with Gasteiger partial charge in [-0.3, -0.25) is 4.98 Å². The molecule has 1 saturated heterocycles. The number of nitrogens with zero attached hydrogens (tertiary/aromatic N) is 1. The molecule has 13 heavy (non-hydrogen) atoms. The van der Waals surface area contributed by atoms with E-state index in [2.05, 4.69) is 16.4 Å². The van der Waals surface area contributed by atoms with Gasteiger partial charge in [-0.25, -0.2) is 0 Å². The Hall–Kier alpha value is -0.930. The highest BCUT2D eigenvalue weighted by Crippen LogP contribution is 2.24. The minimum absolute atomic E-state index is 0.501. The molecule has 0 amide bonds. The van der Waals surface area contributed by atoms with Crippen LogP contribution >= 0.6 is 0 Å². The summed E-state index contributed by atoms with van der Waals surface area (Å²) in [5.74, 6) is 0. The van der Waals surface area contributed by atoms with Crippen LogP contribution in [0.15, 0.2) is 18.5 Å². The molecule has 3 N–H and O–H groups in total. The first-order chi connectivity index (χ1) is 6.42. The Balaban J connectivity index is 2.26. The fourth-order valence-electron chi connectivity index (χ4n) is 1.90. The minimum atomic E-state index is 0.501. The summed E-state index contributed by atoms with van der Waals surface area (Å²) < 4.78 is 0. The molecule has 70 valence electrons. The standard InChI is InChI=1S/C10H15N3/c11-6-8-7-12-5-3-9(8)10-2-1-4-13-10/h3,5,7,10,13H,1-2,4,6,11H2. The fraction of sp³-hybridized carbons (Fsp3) is 0.500. The minimum Gasteiger partial charge on any atom is -0.326 e. The zero-order valence-electron chi connectivity index (χ0n) is 7.66. The largest absolute Gasteiger partial charge is 0.326 e. The van der Waals surface area contributed by atoms with Crippen LogP contribution in [-0.4, -0.2) is 11.5 Å². The van der Waals surface area contributed by atoms with Crippen LogP contribution in [0, 0.1) is 0 Å². The third-order valence-corrected chi connectivity index (χ3v) is 2.60. The third-order valence-electron chi connectivity index (χ3n) is 2.60. The predicted molar refractivity (Wildman–Crippen MR) is 52.1 cm³/mol. The van der Waals surface area contributed by atoms with Crippen molar-refractivity contribution in [1.29, 1.82) is 0 Å². The van der Waals surface area contributed by atoms with Crippen LogP contribution in [0.5, 0.6) is 0 Å². The normalized spacial score (nSPS) is 22.1. The summed E-state index contributed by atoms with van der Waals surface area (Å²) in [5, 5.41) is 3.46. The van der Waals surface area contributed by atoms with Crippen LogP contribution in [0.1, 0.15) is 30.0 Å². The van der Waals surface area contributed by atoms with Crippen LogP contribution in [-0.2, 0) is 6.54 Å². The monoisotopic (exact) mass is 177 g/mol. The van der Waals surface area contributed by atoms with Gasteiger partial charge in [-0.1, -0.05) is 0 Å². The molecule has 0 bridgehead atoms. The van der Waals surface area contributed by atoms with Crippen LogP contribution in [0.3, 0.4) is 0 Å². The summed E-state index contributed by atoms with van der Waals surface area (Å²) in [7, 11) is 0. The van der Waals surface area contributed by atoms with E-state index in [0.717, 1.165) is 6.54 Å². The van der Waals surface area contributed by atoms with Crippen LogP contribution in [0.4, 0.5) is 0 Å². The number of aromatic nitrogens is 1. The van der Waals surface area contributed by atoms with E-state index < -0.39 is 0 Å². The second-order valence-electron chi connectivity index (χ2n) is 3.43. The number of pyridine rings is 1. The van der Waals surface area contributed by atoms with E-state index >= 15 is 0 Å². The van der Waals surface area contributed by atoms with E-state index in [9.17, 15) is 0 Å². The van der Waals surface area contributed by atoms with Crippen molar-refractivity contribution in [2.24, 2.45) is 5.73 Å². The van der Waals surface area contributed by atoms with Gasteiger partial charge in [0.2, 0.25) is 0 Å². The first-order valence-electron chi connectivity index (χ1n) is 4.78. The van der Waals surface area contributed by atoms with Gasteiger partial charge in [0.25, 0.3) is 0 Å². The number of hydrogen-bond donors (Lipinski definition) is 2. The Labute approximate surface area is 78.4 Å². The van der Waals surface area contributed by atoms with E-state index in [0.29, 0.717) is 12.6 Å². The van der Waals surface area contributed by atoms with Crippen LogP contribution in [0.2, 0.25) is 0 Å². The molecule has 1 unspecified atom stereocenters. The van der Waals surface area contributed by atoms with Crippen molar-refractivity contribution in [2.45, 2.75) is 25.4 Å². The average Bonchev–Trinajstić information content (AvgIpc) is 2.70. The molecule has 0 saturated carbocycles. The van der Waals surface area contributed by atoms with Crippen molar-refractivity contribution < 1.29 is 0 Å². The molecule has 1 fully saturated rings. The summed E-state index contributed by atoms with van der Waals surface area (Å²) in [6, 6.07) is 2.58. The smallest absolute Gasteiger partial charge is 0.0325 e. The maximum atomic E-state index is 5.65. The number of hydrogen-bond acceptors (Lipinski definition) is 3. The van der Waals surface area contributed by atoms with Gasteiger partial charge in [0.15, 0.2) is 0 Å². The molecule has 1 aliphatic rings. The van der Waals surface area contributed by atoms with Gasteiger partial charge >= 0.3 is 0 Å². The number of nitrogens with two attached hydrogens (primary N) is 1. The SMILES string of the molecule is NCc1cnccc1C1CCCN1. The number of nitrogens with one attached hydrogen (secondary N) is 1. The molecule has 2 rings (SSSR count). The lowest BCUT2D eigenvalue weighted by Gasteiger charge is -2.13. The average molecular weight is 177 g/mol. The van der Waals surface area contributed by atoms with Crippen LogP contribution in [0.25, 0.3) is 0 Å². The van der Waals surface area contributed by atoms with Crippen molar-refractivity contribution in [1.82, 2.24) is 10.3 Å². The van der Waals surface area contributed by atoms with Crippen molar-refractivity contribution in [3.05, 3.63) is 29.6 Å². The van der Waals surface area contributed by atoms with Crippen molar-refractivity contribution in [3.63, 3.8) is 0 Å². The van der Waals surface area contributed by atoms with E-state index in [1.54, 1.807) is 0 Å². The lowest BCUT2D eigenvalue weighted by molar-refractivity contribution is 0.638. The maximum Gasteiger partial charge on any atom is 0.0325 e. The summed E-state index contributed by atoms with van der Waals surface area (Å²) in [4.78, 5) is 4.08. The van der Waals surface area contributed by atoms with Crippen molar-refractivity contribution in [2.75, 3.05) is 6.54 Å². The summed E-state index contributed by atoms with van der Waals surface area (Å²) in [5.41, 5.74) is 8.15. The van der Waals surface area contributed by atoms with Gasteiger partial charge in [0.05, 0.1) is 0 Å². The molecule has 2 heterocycles. The van der Waals surface area contributed by atoms with E-state index in [-0.39, 0.29) is 0 Å². The van der Waals surface area contributed by atoms with E-state index in [4.69, 9.17) is 5.73 Å². The Kier molecular flexibility index (Phi) is 2.57. The zero-order chi connectivity index (χ0) is 9.10. The lowest BCUT2D eigenvalue weighted by atomic mass is 10.0. The molecule has 1 atom stereocenters. The van der Waals surface area contributed by atoms with Crippen molar-refractivity contribution in [3.8, 4) is 0 Å². The zero-order valence-corrected chi connectivity index (χ0v) is 7.66. The van der Waals surface area contributed by atoms with Gasteiger partial charge in [0, 0.05) is 25.0 Å². The molecule has 1 aromatic heterocycles. The maximum absolute atomic E-state index is 5.65. The Morgan fingerprint density at radius 1 is 1.62 bits per heavy atom. The lowest BCUT2D eigenvalue weighted by Crippen LogP contribution is -2.16. The van der Waals surface area contributed by atoms with Crippen LogP contribution < -0.4 is 11.1 Å². The fourth-order valence-corrected chi connectivity index (χ4v) is 1.90. The quantitative estimate of drug-likeness (QED) is 0.707. The molecular formula is C10H15N3.